The van der Waals surface area contributed by atoms with E-state index in [2.05, 4.69) is 9.82 Å². The molecule has 124 valence electrons. The van der Waals surface area contributed by atoms with Gasteiger partial charge in [-0.2, -0.15) is 5.10 Å². The fourth-order valence-corrected chi connectivity index (χ4v) is 3.67. The largest absolute Gasteiger partial charge is 0.598 e. The second-order valence-corrected chi connectivity index (χ2v) is 8.85. The summed E-state index contributed by atoms with van der Waals surface area (Å²) >= 11 is -1.14. The number of hydrogen-bond donors (Lipinski definition) is 1. The number of hydrogen-bond acceptors (Lipinski definition) is 3. The molecule has 0 aliphatic heterocycles. The Bertz CT molecular complexity index is 695. The Labute approximate surface area is 139 Å². The van der Waals surface area contributed by atoms with E-state index in [-0.39, 0.29) is 16.6 Å². The molecule has 0 saturated carbocycles. The lowest BCUT2D eigenvalue weighted by Crippen LogP contribution is -2.42. The Morgan fingerprint density at radius 3 is 2.78 bits per heavy atom. The van der Waals surface area contributed by atoms with Crippen molar-refractivity contribution in [3.63, 3.8) is 0 Å². The maximum absolute atomic E-state index is 14.1. The quantitative estimate of drug-likeness (QED) is 0.874. The molecule has 0 radical (unpaired) electrons. The predicted molar refractivity (Wildman–Crippen MR) is 90.2 cm³/mol. The predicted octanol–water partition coefficient (Wildman–Crippen LogP) is 3.44. The molecule has 0 saturated heterocycles. The van der Waals surface area contributed by atoms with E-state index in [9.17, 15) is 8.94 Å². The van der Waals surface area contributed by atoms with Crippen LogP contribution < -0.4 is 4.72 Å². The van der Waals surface area contributed by atoms with Gasteiger partial charge in [-0.05, 0) is 52.2 Å². The summed E-state index contributed by atoms with van der Waals surface area (Å²) in [7, 11) is 0. The summed E-state index contributed by atoms with van der Waals surface area (Å²) in [5, 5.41) is 4.39. The molecule has 0 spiro atoms. The first kappa shape index (κ1) is 16.5. The highest BCUT2D eigenvalue weighted by molar-refractivity contribution is 7.90. The lowest BCUT2D eigenvalue weighted by molar-refractivity contribution is 0.485. The van der Waals surface area contributed by atoms with Crippen molar-refractivity contribution in [2.75, 3.05) is 0 Å². The first-order chi connectivity index (χ1) is 10.9. The first-order valence-electron chi connectivity index (χ1n) is 7.87. The van der Waals surface area contributed by atoms with Crippen LogP contribution in [0.4, 0.5) is 4.39 Å². The number of fused-ring (bicyclic) bond motifs is 1. The lowest BCUT2D eigenvalue weighted by atomic mass is 9.94. The van der Waals surface area contributed by atoms with Crippen LogP contribution in [0.3, 0.4) is 0 Å². The molecule has 6 heteroatoms. The van der Waals surface area contributed by atoms with E-state index >= 15 is 0 Å². The number of nitrogens with zero attached hydrogens (tertiary/aromatic N) is 2. The van der Waals surface area contributed by atoms with Gasteiger partial charge in [-0.25, -0.2) is 9.07 Å². The van der Waals surface area contributed by atoms with Gasteiger partial charge < -0.3 is 4.55 Å². The fourth-order valence-electron chi connectivity index (χ4n) is 2.82. The van der Waals surface area contributed by atoms with Crippen molar-refractivity contribution in [2.45, 2.75) is 50.8 Å². The van der Waals surface area contributed by atoms with E-state index in [0.717, 1.165) is 30.5 Å². The smallest absolute Gasteiger partial charge is 0.148 e. The van der Waals surface area contributed by atoms with Crippen LogP contribution in [-0.2, 0) is 17.8 Å². The highest BCUT2D eigenvalue weighted by atomic mass is 32.2. The van der Waals surface area contributed by atoms with Crippen LogP contribution in [0.1, 0.15) is 50.9 Å². The maximum Gasteiger partial charge on any atom is 0.148 e. The molecular weight excluding hydrogens is 313 g/mol. The van der Waals surface area contributed by atoms with Gasteiger partial charge in [-0.1, -0.05) is 12.1 Å². The minimum atomic E-state index is -1.14. The van der Waals surface area contributed by atoms with E-state index in [1.165, 1.54) is 6.07 Å². The van der Waals surface area contributed by atoms with Gasteiger partial charge >= 0.3 is 0 Å². The lowest BCUT2D eigenvalue weighted by Gasteiger charge is -2.30. The van der Waals surface area contributed by atoms with Gasteiger partial charge in [-0.3, -0.25) is 0 Å². The summed E-state index contributed by atoms with van der Waals surface area (Å²) < 4.78 is 31.0. The normalized spacial score (nSPS) is 19.4. The first-order valence-corrected chi connectivity index (χ1v) is 9.02. The Kier molecular flexibility index (Phi) is 4.49. The molecule has 1 aliphatic rings. The number of para-hydroxylation sites is 1. The SMILES string of the molecule is CC(C)(C)[S+]([O-])NC1CCCc2c1cnn2-c1ccccc1F. The van der Waals surface area contributed by atoms with Gasteiger partial charge in [0.1, 0.15) is 16.3 Å². The van der Waals surface area contributed by atoms with Gasteiger partial charge in [-0.15, -0.1) is 4.72 Å². The van der Waals surface area contributed by atoms with Gasteiger partial charge in [0.05, 0.1) is 12.2 Å². The average Bonchev–Trinajstić information content (AvgIpc) is 2.91. The number of nitrogens with one attached hydrogen (secondary N) is 1. The third kappa shape index (κ3) is 3.29. The van der Waals surface area contributed by atoms with Crippen molar-refractivity contribution in [3.05, 3.63) is 47.5 Å². The fraction of sp³-hybridized carbons (Fsp3) is 0.471. The van der Waals surface area contributed by atoms with Crippen molar-refractivity contribution < 1.29 is 8.94 Å². The molecule has 23 heavy (non-hydrogen) atoms. The zero-order valence-electron chi connectivity index (χ0n) is 13.7. The summed E-state index contributed by atoms with van der Waals surface area (Å²) in [6, 6.07) is 6.65. The Morgan fingerprint density at radius 2 is 2.09 bits per heavy atom. The van der Waals surface area contributed by atoms with Crippen LogP contribution in [0.5, 0.6) is 0 Å². The van der Waals surface area contributed by atoms with E-state index in [1.807, 2.05) is 20.8 Å². The average molecular weight is 335 g/mol. The molecule has 1 aliphatic carbocycles. The summed E-state index contributed by atoms with van der Waals surface area (Å²) in [6.07, 6.45) is 4.51. The van der Waals surface area contributed by atoms with Crippen LogP contribution in [0.15, 0.2) is 30.5 Å². The number of aromatic nitrogens is 2. The molecule has 0 fully saturated rings. The summed E-state index contributed by atoms with van der Waals surface area (Å²) in [4.78, 5) is 0. The summed E-state index contributed by atoms with van der Waals surface area (Å²) in [6.45, 7) is 5.84. The molecule has 3 rings (SSSR count). The zero-order chi connectivity index (χ0) is 16.6. The Morgan fingerprint density at radius 1 is 1.35 bits per heavy atom. The maximum atomic E-state index is 14.1. The molecule has 2 aromatic rings. The molecule has 2 unspecified atom stereocenters. The Hall–Kier alpha value is -1.37. The van der Waals surface area contributed by atoms with Crippen LogP contribution in [0.2, 0.25) is 0 Å². The highest BCUT2D eigenvalue weighted by Gasteiger charge is 2.33. The second-order valence-electron chi connectivity index (χ2n) is 6.85. The minimum absolute atomic E-state index is 0.000619. The molecule has 1 aromatic carbocycles. The summed E-state index contributed by atoms with van der Waals surface area (Å²) in [5.74, 6) is -0.285. The standard InChI is InChI=1S/C17H22FN3OS/c1-17(2,3)23(22)20-14-8-6-10-15-12(14)11-19-21(15)16-9-5-4-7-13(16)18/h4-5,7,9,11,14,20H,6,8,10H2,1-3H3. The van der Waals surface area contributed by atoms with E-state index in [0.29, 0.717) is 5.69 Å². The van der Waals surface area contributed by atoms with E-state index in [4.69, 9.17) is 0 Å². The zero-order valence-corrected chi connectivity index (χ0v) is 14.5. The van der Waals surface area contributed by atoms with Gasteiger partial charge in [0.25, 0.3) is 0 Å². The molecule has 2 atom stereocenters. The van der Waals surface area contributed by atoms with Gasteiger partial charge in [0, 0.05) is 22.6 Å². The van der Waals surface area contributed by atoms with Crippen LogP contribution >= 0.6 is 0 Å². The van der Waals surface area contributed by atoms with Crippen molar-refractivity contribution in [1.82, 2.24) is 14.5 Å². The number of benzene rings is 1. The summed E-state index contributed by atoms with van der Waals surface area (Å²) in [5.41, 5.74) is 2.49. The topological polar surface area (TPSA) is 52.9 Å². The van der Waals surface area contributed by atoms with Crippen molar-refractivity contribution in [3.8, 4) is 5.69 Å². The van der Waals surface area contributed by atoms with E-state index < -0.39 is 11.4 Å². The van der Waals surface area contributed by atoms with Crippen molar-refractivity contribution in [2.24, 2.45) is 0 Å². The van der Waals surface area contributed by atoms with Crippen molar-refractivity contribution >= 4 is 11.4 Å². The van der Waals surface area contributed by atoms with Crippen LogP contribution in [0.25, 0.3) is 5.69 Å². The molecular formula is C17H22FN3OS. The number of rotatable bonds is 3. The molecule has 1 heterocycles. The molecule has 1 aromatic heterocycles. The molecule has 0 bridgehead atoms. The highest BCUT2D eigenvalue weighted by Crippen LogP contribution is 2.33. The number of halogens is 1. The monoisotopic (exact) mass is 335 g/mol. The molecule has 4 nitrogen and oxygen atoms in total. The second kappa shape index (κ2) is 6.26. The molecule has 1 N–H and O–H groups in total. The van der Waals surface area contributed by atoms with Crippen LogP contribution in [0, 0.1) is 5.82 Å². The minimum Gasteiger partial charge on any atom is -0.598 e. The Balaban J connectivity index is 1.92. The van der Waals surface area contributed by atoms with Gasteiger partial charge in [0.15, 0.2) is 0 Å². The van der Waals surface area contributed by atoms with Gasteiger partial charge in [0.2, 0.25) is 0 Å². The third-order valence-electron chi connectivity index (χ3n) is 4.07. The third-order valence-corrected chi connectivity index (χ3v) is 5.68. The van der Waals surface area contributed by atoms with E-state index in [1.54, 1.807) is 29.1 Å². The molecule has 0 amide bonds. The van der Waals surface area contributed by atoms with Crippen molar-refractivity contribution in [1.29, 1.82) is 0 Å². The van der Waals surface area contributed by atoms with Crippen LogP contribution in [-0.4, -0.2) is 19.1 Å².